The average Bonchev–Trinajstić information content (AvgIpc) is 2.62. The molecule has 1 N–H and O–H groups in total. The highest BCUT2D eigenvalue weighted by atomic mass is 35.5. The van der Waals surface area contributed by atoms with E-state index in [1.807, 2.05) is 47.4 Å². The molecule has 1 aliphatic rings. The van der Waals surface area contributed by atoms with Crippen molar-refractivity contribution in [1.82, 2.24) is 4.90 Å². The molecule has 1 amide bonds. The van der Waals surface area contributed by atoms with Gasteiger partial charge in [0.25, 0.3) is 0 Å². The maximum Gasteiger partial charge on any atom is 0.246 e. The summed E-state index contributed by atoms with van der Waals surface area (Å²) in [4.78, 5) is 16.4. The fourth-order valence-corrected chi connectivity index (χ4v) is 2.82. The molecule has 0 saturated carbocycles. The van der Waals surface area contributed by atoms with E-state index in [9.17, 15) is 9.90 Å². The molecule has 0 unspecified atom stereocenters. The largest absolute Gasteiger partial charge is 0.508 e. The second-order valence-corrected chi connectivity index (χ2v) is 6.15. The predicted octanol–water partition coefficient (Wildman–Crippen LogP) is 3.41. The van der Waals surface area contributed by atoms with Crippen molar-refractivity contribution >= 4 is 29.3 Å². The Labute approximate surface area is 146 Å². The summed E-state index contributed by atoms with van der Waals surface area (Å²) in [6, 6.07) is 14.5. The van der Waals surface area contributed by atoms with Crippen molar-refractivity contribution < 1.29 is 9.90 Å². The summed E-state index contributed by atoms with van der Waals surface area (Å²) in [5, 5.41) is 10.0. The van der Waals surface area contributed by atoms with Crippen LogP contribution in [-0.2, 0) is 4.79 Å². The smallest absolute Gasteiger partial charge is 0.246 e. The number of benzene rings is 2. The Hall–Kier alpha value is -2.46. The van der Waals surface area contributed by atoms with Crippen LogP contribution in [0.3, 0.4) is 0 Å². The zero-order chi connectivity index (χ0) is 16.9. The number of carbonyl (C=O) groups is 1. The Kier molecular flexibility index (Phi) is 5.06. The summed E-state index contributed by atoms with van der Waals surface area (Å²) in [5.41, 5.74) is 2.02. The molecule has 2 aromatic rings. The summed E-state index contributed by atoms with van der Waals surface area (Å²) >= 11 is 5.85. The third-order valence-corrected chi connectivity index (χ3v) is 4.35. The monoisotopic (exact) mass is 342 g/mol. The second kappa shape index (κ2) is 7.41. The van der Waals surface area contributed by atoms with E-state index >= 15 is 0 Å². The van der Waals surface area contributed by atoms with Crippen molar-refractivity contribution in [3.63, 3.8) is 0 Å². The van der Waals surface area contributed by atoms with Gasteiger partial charge in [-0.1, -0.05) is 23.7 Å². The number of hydrogen-bond acceptors (Lipinski definition) is 3. The molecule has 1 fully saturated rings. The minimum absolute atomic E-state index is 0.0234. The topological polar surface area (TPSA) is 43.8 Å². The Balaban J connectivity index is 1.55. The van der Waals surface area contributed by atoms with E-state index in [-0.39, 0.29) is 11.7 Å². The van der Waals surface area contributed by atoms with Gasteiger partial charge >= 0.3 is 0 Å². The van der Waals surface area contributed by atoms with E-state index in [1.165, 1.54) is 0 Å². The van der Waals surface area contributed by atoms with Crippen molar-refractivity contribution in [1.29, 1.82) is 0 Å². The van der Waals surface area contributed by atoms with Gasteiger partial charge in [-0.05, 0) is 48.0 Å². The molecule has 2 aromatic carbocycles. The quantitative estimate of drug-likeness (QED) is 0.869. The molecular weight excluding hydrogens is 324 g/mol. The molecule has 0 aliphatic carbocycles. The van der Waals surface area contributed by atoms with Crippen LogP contribution in [0.15, 0.2) is 54.6 Å². The maximum absolute atomic E-state index is 12.3. The summed E-state index contributed by atoms with van der Waals surface area (Å²) in [6.45, 7) is 2.94. The SMILES string of the molecule is O=C(/C=C/c1ccc(Cl)cc1)N1CCN(c2ccc(O)cc2)CC1. The number of rotatable bonds is 3. The van der Waals surface area contributed by atoms with E-state index in [0.29, 0.717) is 18.1 Å². The van der Waals surface area contributed by atoms with Gasteiger partial charge in [0, 0.05) is 43.0 Å². The van der Waals surface area contributed by atoms with Gasteiger partial charge in [0.15, 0.2) is 0 Å². The lowest BCUT2D eigenvalue weighted by molar-refractivity contribution is -0.126. The zero-order valence-electron chi connectivity index (χ0n) is 13.2. The number of nitrogens with zero attached hydrogens (tertiary/aromatic N) is 2. The molecule has 1 aliphatic heterocycles. The number of amides is 1. The van der Waals surface area contributed by atoms with Gasteiger partial charge in [0.2, 0.25) is 5.91 Å². The Morgan fingerprint density at radius 2 is 1.58 bits per heavy atom. The first-order chi connectivity index (χ1) is 11.6. The van der Waals surface area contributed by atoms with Crippen molar-refractivity contribution in [3.05, 3.63) is 65.2 Å². The molecule has 3 rings (SSSR count). The summed E-state index contributed by atoms with van der Waals surface area (Å²) < 4.78 is 0. The standard InChI is InChI=1S/C19H19ClN2O2/c20-16-4-1-15(2-5-16)3-10-19(24)22-13-11-21(12-14-22)17-6-8-18(23)9-7-17/h1-10,23H,11-14H2/b10-3+. The molecule has 1 heterocycles. The van der Waals surface area contributed by atoms with Gasteiger partial charge in [0.1, 0.15) is 5.75 Å². The van der Waals surface area contributed by atoms with Crippen LogP contribution in [0.25, 0.3) is 6.08 Å². The van der Waals surface area contributed by atoms with E-state index in [0.717, 1.165) is 24.3 Å². The van der Waals surface area contributed by atoms with Crippen LogP contribution in [0.1, 0.15) is 5.56 Å². The fraction of sp³-hybridized carbons (Fsp3) is 0.211. The summed E-state index contributed by atoms with van der Waals surface area (Å²) in [6.07, 6.45) is 3.42. The van der Waals surface area contributed by atoms with Crippen molar-refractivity contribution in [2.45, 2.75) is 0 Å². The average molecular weight is 343 g/mol. The van der Waals surface area contributed by atoms with E-state index in [4.69, 9.17) is 11.6 Å². The highest BCUT2D eigenvalue weighted by Crippen LogP contribution is 2.20. The van der Waals surface area contributed by atoms with Crippen molar-refractivity contribution in [3.8, 4) is 5.75 Å². The Morgan fingerprint density at radius 3 is 2.21 bits per heavy atom. The zero-order valence-corrected chi connectivity index (χ0v) is 14.0. The molecule has 0 aromatic heterocycles. The van der Waals surface area contributed by atoms with Gasteiger partial charge in [-0.15, -0.1) is 0 Å². The summed E-state index contributed by atoms with van der Waals surface area (Å²) in [5.74, 6) is 0.287. The lowest BCUT2D eigenvalue weighted by Gasteiger charge is -2.35. The molecule has 4 nitrogen and oxygen atoms in total. The molecule has 0 spiro atoms. The van der Waals surface area contributed by atoms with Crippen molar-refractivity contribution in [2.75, 3.05) is 31.1 Å². The van der Waals surface area contributed by atoms with E-state index in [1.54, 1.807) is 18.2 Å². The molecule has 124 valence electrons. The number of aromatic hydroxyl groups is 1. The number of halogens is 1. The minimum Gasteiger partial charge on any atom is -0.508 e. The van der Waals surface area contributed by atoms with Crippen LogP contribution in [0.2, 0.25) is 5.02 Å². The van der Waals surface area contributed by atoms with Gasteiger partial charge in [-0.2, -0.15) is 0 Å². The van der Waals surface area contributed by atoms with Crippen LogP contribution in [-0.4, -0.2) is 42.1 Å². The number of phenols is 1. The lowest BCUT2D eigenvalue weighted by Crippen LogP contribution is -2.48. The Bertz CT molecular complexity index is 718. The minimum atomic E-state index is 0.0234. The van der Waals surface area contributed by atoms with Crippen LogP contribution in [0, 0.1) is 0 Å². The van der Waals surface area contributed by atoms with Crippen LogP contribution in [0.5, 0.6) is 5.75 Å². The van der Waals surface area contributed by atoms with Gasteiger partial charge in [-0.3, -0.25) is 4.79 Å². The van der Waals surface area contributed by atoms with Crippen LogP contribution < -0.4 is 4.90 Å². The third-order valence-electron chi connectivity index (χ3n) is 4.09. The number of phenolic OH excluding ortho intramolecular Hbond substituents is 1. The van der Waals surface area contributed by atoms with Crippen LogP contribution >= 0.6 is 11.6 Å². The summed E-state index contributed by atoms with van der Waals surface area (Å²) in [7, 11) is 0. The lowest BCUT2D eigenvalue weighted by atomic mass is 10.2. The second-order valence-electron chi connectivity index (χ2n) is 5.71. The maximum atomic E-state index is 12.3. The number of hydrogen-bond donors (Lipinski definition) is 1. The van der Waals surface area contributed by atoms with Gasteiger partial charge < -0.3 is 14.9 Å². The molecule has 24 heavy (non-hydrogen) atoms. The highest BCUT2D eigenvalue weighted by molar-refractivity contribution is 6.30. The van der Waals surface area contributed by atoms with Gasteiger partial charge in [0.05, 0.1) is 0 Å². The number of anilines is 1. The third kappa shape index (κ3) is 4.09. The van der Waals surface area contributed by atoms with E-state index in [2.05, 4.69) is 4.90 Å². The fourth-order valence-electron chi connectivity index (χ4n) is 2.70. The van der Waals surface area contributed by atoms with Crippen molar-refractivity contribution in [2.24, 2.45) is 0 Å². The first-order valence-electron chi connectivity index (χ1n) is 7.88. The molecule has 1 saturated heterocycles. The predicted molar refractivity (Wildman–Crippen MR) is 97.4 cm³/mol. The van der Waals surface area contributed by atoms with E-state index < -0.39 is 0 Å². The normalized spacial score (nSPS) is 15.0. The Morgan fingerprint density at radius 1 is 0.958 bits per heavy atom. The molecular formula is C19H19ClN2O2. The highest BCUT2D eigenvalue weighted by Gasteiger charge is 2.19. The first kappa shape index (κ1) is 16.4. The van der Waals surface area contributed by atoms with Gasteiger partial charge in [-0.25, -0.2) is 0 Å². The molecule has 5 heteroatoms. The number of piperazine rings is 1. The first-order valence-corrected chi connectivity index (χ1v) is 8.26. The number of carbonyl (C=O) groups excluding carboxylic acids is 1. The van der Waals surface area contributed by atoms with Crippen LogP contribution in [0.4, 0.5) is 5.69 Å². The molecule has 0 bridgehead atoms. The molecule has 0 radical (unpaired) electrons. The molecule has 0 atom stereocenters.